The number of ether oxygens (including phenoxy) is 1. The third kappa shape index (κ3) is 8.33. The van der Waals surface area contributed by atoms with Gasteiger partial charge in [0.15, 0.2) is 0 Å². The molecule has 0 aliphatic heterocycles. The number of hydrogen-bond acceptors (Lipinski definition) is 3. The molecule has 376 valence electrons. The van der Waals surface area contributed by atoms with Gasteiger partial charge in [0.1, 0.15) is 5.82 Å². The van der Waals surface area contributed by atoms with Crippen molar-refractivity contribution in [2.75, 3.05) is 0 Å². The first kappa shape index (κ1) is 22.3. The largest absolute Gasteiger partial charge is 0.522 e. The Morgan fingerprint density at radius 2 is 1.20 bits per heavy atom. The first-order chi connectivity index (χ1) is 50.4. The Bertz CT molecular complexity index is 5270. The van der Waals surface area contributed by atoms with Crippen molar-refractivity contribution in [3.8, 4) is 51.1 Å². The quantitative estimate of drug-likeness (QED) is 0.118. The third-order valence-corrected chi connectivity index (χ3v) is 12.8. The van der Waals surface area contributed by atoms with Gasteiger partial charge in [-0.25, -0.2) is 4.98 Å². The van der Waals surface area contributed by atoms with Crippen LogP contribution in [0.1, 0.15) is 181 Å². The van der Waals surface area contributed by atoms with E-state index in [0.29, 0.717) is 11.3 Å². The van der Waals surface area contributed by atoms with Crippen LogP contribution in [0.5, 0.6) is 11.5 Å². The molecule has 0 radical (unpaired) electrons. The molecule has 12 rings (SSSR count). The van der Waals surface area contributed by atoms with Crippen LogP contribution in [0.2, 0.25) is 0 Å². The van der Waals surface area contributed by atoms with Gasteiger partial charge in [-0.2, -0.15) is 18.2 Å². The number of pyridine rings is 2. The molecule has 0 bridgehead atoms. The summed E-state index contributed by atoms with van der Waals surface area (Å²) >= 11 is 0. The van der Waals surface area contributed by atoms with Crippen LogP contribution >= 0.6 is 0 Å². The third-order valence-electron chi connectivity index (χ3n) is 12.8. The predicted octanol–water partition coefficient (Wildman–Crippen LogP) is 16.3. The van der Waals surface area contributed by atoms with Crippen LogP contribution in [0.4, 0.5) is 0 Å². The first-order valence-electron chi connectivity index (χ1n) is 41.8. The summed E-state index contributed by atoms with van der Waals surface area (Å²) in [5, 5.41) is 1.59. The Morgan fingerprint density at radius 3 is 1.84 bits per heavy atom. The van der Waals surface area contributed by atoms with Crippen LogP contribution in [0, 0.1) is 18.5 Å². The molecule has 6 nitrogen and oxygen atoms in total. The number of fused-ring (bicyclic) bond motifs is 6. The molecular formula is C67H65N5OPt-2. The summed E-state index contributed by atoms with van der Waals surface area (Å²) < 4.78 is 362. The van der Waals surface area contributed by atoms with Crippen molar-refractivity contribution in [2.45, 2.75) is 128 Å². The predicted molar refractivity (Wildman–Crippen MR) is 298 cm³/mol. The normalized spacial score (nSPS) is 28.0. The number of hydrogen-bond donors (Lipinski definition) is 0. The average molecular weight is 1190 g/mol. The first-order valence-corrected chi connectivity index (χ1v) is 22.8. The minimum Gasteiger partial charge on any atom is -0.522 e. The van der Waals surface area contributed by atoms with E-state index >= 15 is 0 Å². The van der Waals surface area contributed by atoms with Crippen LogP contribution in [-0.2, 0) is 48.1 Å². The van der Waals surface area contributed by atoms with Gasteiger partial charge in [0, 0.05) is 82.4 Å². The maximum atomic E-state index is 10.4. The number of rotatable bonds is 7. The van der Waals surface area contributed by atoms with Gasteiger partial charge in [0.2, 0.25) is 0 Å². The van der Waals surface area contributed by atoms with Crippen molar-refractivity contribution in [3.63, 3.8) is 0 Å². The molecule has 10 aromatic rings. The fourth-order valence-electron chi connectivity index (χ4n) is 9.23. The fraction of sp³-hybridized carbons (Fsp3) is 0.299. The molecule has 4 aromatic heterocycles. The summed E-state index contributed by atoms with van der Waals surface area (Å²) in [6.45, 7) is -30.3. The van der Waals surface area contributed by atoms with E-state index in [-0.39, 0.29) is 54.8 Å². The molecule has 0 unspecified atom stereocenters. The second-order valence-electron chi connectivity index (χ2n) is 18.9. The van der Waals surface area contributed by atoms with E-state index in [1.54, 1.807) is 18.3 Å². The molecule has 0 atom stereocenters. The van der Waals surface area contributed by atoms with Crippen molar-refractivity contribution in [3.05, 3.63) is 192 Å². The molecule has 0 amide bonds. The van der Waals surface area contributed by atoms with Crippen LogP contribution < -0.4 is 9.30 Å². The molecule has 2 aliphatic rings. The summed E-state index contributed by atoms with van der Waals surface area (Å²) in [4.78, 5) is 9.28. The molecule has 0 fully saturated rings. The molecule has 6 aromatic carbocycles. The van der Waals surface area contributed by atoms with Crippen LogP contribution in [-0.4, -0.2) is 19.1 Å². The molecule has 74 heavy (non-hydrogen) atoms. The Balaban J connectivity index is 0.0000124. The number of aromatic nitrogens is 5. The van der Waals surface area contributed by atoms with Crippen molar-refractivity contribution < 1.29 is 82.5 Å². The minimum absolute atomic E-state index is 0. The van der Waals surface area contributed by atoms with E-state index < -0.39 is 188 Å². The van der Waals surface area contributed by atoms with E-state index in [4.69, 9.17) is 42.6 Å². The minimum atomic E-state index is -4.86. The number of benzene rings is 6. The number of imidazole rings is 1. The molecular weight excluding hydrogens is 1090 g/mol. The summed E-state index contributed by atoms with van der Waals surface area (Å²) in [7, 11) is 0. The molecule has 0 saturated carbocycles. The smallest absolute Gasteiger partial charge is 0.269 e. The number of nitrogens with zero attached hydrogens (tertiary/aromatic N) is 5. The average Bonchev–Trinajstić information content (AvgIpc) is 0.674. The Hall–Kier alpha value is -6.62. The van der Waals surface area contributed by atoms with Crippen LogP contribution in [0.25, 0.3) is 72.4 Å². The van der Waals surface area contributed by atoms with Gasteiger partial charge >= 0.3 is 0 Å². The second kappa shape index (κ2) is 17.8. The summed E-state index contributed by atoms with van der Waals surface area (Å²) in [5.41, 5.74) is -30.1. The summed E-state index contributed by atoms with van der Waals surface area (Å²) in [6.07, 6.45) is -13.4. The Labute approximate surface area is 505 Å². The zero-order chi connectivity index (χ0) is 83.2. The van der Waals surface area contributed by atoms with E-state index in [2.05, 4.69) is 23.4 Å². The van der Waals surface area contributed by atoms with Gasteiger partial charge in [-0.1, -0.05) is 184 Å². The van der Waals surface area contributed by atoms with Gasteiger partial charge < -0.3 is 9.30 Å². The van der Waals surface area contributed by atoms with E-state index in [9.17, 15) is 19.2 Å². The summed E-state index contributed by atoms with van der Waals surface area (Å²) in [6, 6.07) is 20.2. The monoisotopic (exact) mass is 1190 g/mol. The Morgan fingerprint density at radius 1 is 0.622 bits per heavy atom. The molecule has 4 heterocycles. The van der Waals surface area contributed by atoms with Gasteiger partial charge in [-0.3, -0.25) is 14.1 Å². The molecule has 0 saturated heterocycles. The molecule has 0 N–H and O–H groups in total. The van der Waals surface area contributed by atoms with Crippen molar-refractivity contribution in [2.24, 2.45) is 0 Å². The topological polar surface area (TPSA) is 48.8 Å². The van der Waals surface area contributed by atoms with Crippen molar-refractivity contribution >= 4 is 32.8 Å². The van der Waals surface area contributed by atoms with E-state index in [0.717, 1.165) is 49.2 Å². The van der Waals surface area contributed by atoms with Gasteiger partial charge in [-0.15, -0.1) is 17.5 Å². The molecule has 0 spiro atoms. The Kier molecular flexibility index (Phi) is 5.35. The van der Waals surface area contributed by atoms with Crippen LogP contribution in [0.3, 0.4) is 0 Å². The van der Waals surface area contributed by atoms with Gasteiger partial charge in [0.25, 0.3) is 6.33 Å². The van der Waals surface area contributed by atoms with Gasteiger partial charge in [0.05, 0.1) is 30.8 Å². The van der Waals surface area contributed by atoms with Crippen molar-refractivity contribution in [1.29, 1.82) is 0 Å². The van der Waals surface area contributed by atoms with Crippen molar-refractivity contribution in [1.82, 2.24) is 19.1 Å². The SMILES string of the molecule is [2H]c1c([2H])c2c(c([2H])c1-c1cccc(-c3c([2H])c([2H])c4c(c3[2H])C(C([2H])([2H])[2H])(C([2H])([2H])[2H])C([2H])([2H])C([2H])([2H])C4(C([2H])([2H])[2H])C([2H])([2H])[2H])c1-[n+]1[c-]n(-c3[c-]c(Oc4[c-]c5c(cc4)c4ccccc4n5-c4cc(C(C)(C)C)ccn4)ccn3)c3ccccc31)C(C([2H])([2H])[2H])(C([2H])([2H])[2H])C([2H])([2H])C([2H])([2H])C2(C([2H])([2H])[2H])C([2H])([2H])[2H].[Pt]. The molecule has 7 heteroatoms. The molecule has 2 aliphatic carbocycles. The van der Waals surface area contributed by atoms with Crippen LogP contribution in [0.15, 0.2) is 146 Å². The maximum Gasteiger partial charge on any atom is 0.269 e. The van der Waals surface area contributed by atoms with E-state index in [1.807, 2.05) is 61.7 Å². The van der Waals surface area contributed by atoms with Gasteiger partial charge in [-0.05, 0) is 132 Å². The zero-order valence-electron chi connectivity index (χ0n) is 77.4. The zero-order valence-corrected chi connectivity index (χ0v) is 41.6. The maximum absolute atomic E-state index is 10.4. The standard InChI is InChI=1S/C67H65N5O.Pt/c1-63(2,3)45-29-35-69-61(39-45)72-56-20-13-12-17-50(56)51-26-25-46(40-59(51)72)73-47-30-36-68-60(41-47)70-42-71(58-22-15-14-21-57(58)70)62-48(43-23-27-52-54(37-43)66(8,9)33-31-64(52,4)5)18-16-19-49(62)44-24-28-53-55(38-44)67(10,11)34-32-65(53,6)7;/h12-30,35-39H,31-34H2,1-11H3;/q-2;/i4D3,5D3,6D3,7D3,8D3,9D3,10D3,11D3,23D,24D,27D,28D,31D2,32D2,33D2,34D2,37D,38D;. The fourth-order valence-corrected chi connectivity index (χ4v) is 9.23. The number of para-hydroxylation sites is 4. The summed E-state index contributed by atoms with van der Waals surface area (Å²) in [5.74, 6) is 0.304. The van der Waals surface area contributed by atoms with E-state index in [1.165, 1.54) is 36.5 Å². The second-order valence-corrected chi connectivity index (χ2v) is 18.9.